The Labute approximate surface area is 91.4 Å². The SMILES string of the molecule is CCC(C)(C)[C@@]1(O)CCc2cccnc21. The van der Waals surface area contributed by atoms with Crippen molar-refractivity contribution in [1.82, 2.24) is 4.98 Å². The lowest BCUT2D eigenvalue weighted by atomic mass is 9.71. The van der Waals surface area contributed by atoms with E-state index < -0.39 is 5.60 Å². The van der Waals surface area contributed by atoms with Crippen LogP contribution < -0.4 is 0 Å². The van der Waals surface area contributed by atoms with Gasteiger partial charge in [-0.1, -0.05) is 26.8 Å². The Hall–Kier alpha value is -0.890. The van der Waals surface area contributed by atoms with E-state index in [-0.39, 0.29) is 5.41 Å². The van der Waals surface area contributed by atoms with E-state index in [9.17, 15) is 5.11 Å². The molecular weight excluding hydrogens is 186 g/mol. The molecule has 1 aromatic rings. The molecule has 0 aliphatic heterocycles. The predicted molar refractivity (Wildman–Crippen MR) is 60.5 cm³/mol. The van der Waals surface area contributed by atoms with Crippen LogP contribution >= 0.6 is 0 Å². The first kappa shape index (κ1) is 10.6. The lowest BCUT2D eigenvalue weighted by Gasteiger charge is -2.39. The van der Waals surface area contributed by atoms with Gasteiger partial charge < -0.3 is 5.11 Å². The molecular formula is C13H19NO. The maximum Gasteiger partial charge on any atom is 0.112 e. The lowest BCUT2D eigenvalue weighted by Crippen LogP contribution is -2.40. The summed E-state index contributed by atoms with van der Waals surface area (Å²) in [7, 11) is 0. The highest BCUT2D eigenvalue weighted by atomic mass is 16.3. The van der Waals surface area contributed by atoms with E-state index in [1.165, 1.54) is 5.56 Å². The van der Waals surface area contributed by atoms with Crippen molar-refractivity contribution in [2.75, 3.05) is 0 Å². The minimum atomic E-state index is -0.738. The molecule has 82 valence electrons. The van der Waals surface area contributed by atoms with E-state index in [1.807, 2.05) is 6.07 Å². The Balaban J connectivity index is 2.49. The number of rotatable bonds is 2. The van der Waals surface area contributed by atoms with Gasteiger partial charge in [0.2, 0.25) is 0 Å². The molecule has 1 atom stereocenters. The molecule has 1 aliphatic rings. The lowest BCUT2D eigenvalue weighted by molar-refractivity contribution is -0.0771. The second kappa shape index (κ2) is 3.31. The van der Waals surface area contributed by atoms with Gasteiger partial charge in [-0.3, -0.25) is 4.98 Å². The Bertz CT molecular complexity index is 373. The minimum absolute atomic E-state index is 0.105. The summed E-state index contributed by atoms with van der Waals surface area (Å²) in [6.45, 7) is 6.37. The molecule has 1 aromatic heterocycles. The smallest absolute Gasteiger partial charge is 0.112 e. The number of fused-ring (bicyclic) bond motifs is 1. The Morgan fingerprint density at radius 2 is 2.27 bits per heavy atom. The van der Waals surface area contributed by atoms with E-state index in [1.54, 1.807) is 6.20 Å². The molecule has 2 nitrogen and oxygen atoms in total. The molecule has 0 spiro atoms. The van der Waals surface area contributed by atoms with Crippen LogP contribution in [-0.2, 0) is 12.0 Å². The highest BCUT2D eigenvalue weighted by molar-refractivity contribution is 5.32. The van der Waals surface area contributed by atoms with Crippen LogP contribution in [0.25, 0.3) is 0 Å². The summed E-state index contributed by atoms with van der Waals surface area (Å²) < 4.78 is 0. The second-order valence-corrected chi connectivity index (χ2v) is 5.11. The molecule has 0 unspecified atom stereocenters. The van der Waals surface area contributed by atoms with Crippen LogP contribution in [0, 0.1) is 5.41 Å². The fourth-order valence-corrected chi connectivity index (χ4v) is 2.40. The van der Waals surface area contributed by atoms with Gasteiger partial charge in [0.1, 0.15) is 5.60 Å². The van der Waals surface area contributed by atoms with Crippen molar-refractivity contribution in [3.8, 4) is 0 Å². The standard InChI is InChI=1S/C13H19NO/c1-4-12(2,3)13(15)8-7-10-6-5-9-14-11(10)13/h5-6,9,15H,4,7-8H2,1-3H3/t13-/m1/s1. The first-order valence-corrected chi connectivity index (χ1v) is 5.68. The van der Waals surface area contributed by atoms with Crippen molar-refractivity contribution in [3.05, 3.63) is 29.6 Å². The number of aromatic nitrogens is 1. The average Bonchev–Trinajstić information content (AvgIpc) is 2.59. The van der Waals surface area contributed by atoms with Gasteiger partial charge in [0.15, 0.2) is 0 Å². The maximum absolute atomic E-state index is 10.8. The topological polar surface area (TPSA) is 33.1 Å². The third-order valence-electron chi connectivity index (χ3n) is 4.04. The zero-order valence-corrected chi connectivity index (χ0v) is 9.75. The Kier molecular flexibility index (Phi) is 2.34. The number of hydrogen-bond acceptors (Lipinski definition) is 2. The van der Waals surface area contributed by atoms with Crippen LogP contribution in [0.5, 0.6) is 0 Å². The summed E-state index contributed by atoms with van der Waals surface area (Å²) in [5.41, 5.74) is 1.27. The normalized spacial score (nSPS) is 25.3. The van der Waals surface area contributed by atoms with Gasteiger partial charge in [-0.05, 0) is 36.3 Å². The number of pyridine rings is 1. The molecule has 2 rings (SSSR count). The fourth-order valence-electron chi connectivity index (χ4n) is 2.40. The molecule has 15 heavy (non-hydrogen) atoms. The van der Waals surface area contributed by atoms with Crippen LogP contribution in [-0.4, -0.2) is 10.1 Å². The van der Waals surface area contributed by atoms with Crippen molar-refractivity contribution in [3.63, 3.8) is 0 Å². The fraction of sp³-hybridized carbons (Fsp3) is 0.615. The van der Waals surface area contributed by atoms with E-state index in [0.29, 0.717) is 0 Å². The highest BCUT2D eigenvalue weighted by Gasteiger charge is 2.48. The molecule has 0 saturated heterocycles. The van der Waals surface area contributed by atoms with E-state index in [4.69, 9.17) is 0 Å². The van der Waals surface area contributed by atoms with E-state index in [0.717, 1.165) is 25.0 Å². The van der Waals surface area contributed by atoms with Crippen LogP contribution in [0.4, 0.5) is 0 Å². The molecule has 0 aromatic carbocycles. The van der Waals surface area contributed by atoms with Gasteiger partial charge in [0, 0.05) is 6.20 Å². The van der Waals surface area contributed by atoms with Crippen LogP contribution in [0.15, 0.2) is 18.3 Å². The molecule has 0 radical (unpaired) electrons. The zero-order valence-electron chi connectivity index (χ0n) is 9.75. The van der Waals surface area contributed by atoms with Crippen molar-refractivity contribution in [1.29, 1.82) is 0 Å². The average molecular weight is 205 g/mol. The first-order chi connectivity index (χ1) is 7.01. The van der Waals surface area contributed by atoms with Crippen LogP contribution in [0.3, 0.4) is 0 Å². The summed E-state index contributed by atoms with van der Waals surface area (Å²) in [6, 6.07) is 4.02. The number of nitrogens with zero attached hydrogens (tertiary/aromatic N) is 1. The third-order valence-corrected chi connectivity index (χ3v) is 4.04. The summed E-state index contributed by atoms with van der Waals surface area (Å²) in [4.78, 5) is 4.38. The zero-order chi connectivity index (χ0) is 11.1. The molecule has 2 heteroatoms. The molecule has 0 saturated carbocycles. The van der Waals surface area contributed by atoms with Crippen molar-refractivity contribution >= 4 is 0 Å². The molecule has 1 heterocycles. The highest BCUT2D eigenvalue weighted by Crippen LogP contribution is 2.49. The van der Waals surface area contributed by atoms with Gasteiger partial charge in [-0.15, -0.1) is 0 Å². The quantitative estimate of drug-likeness (QED) is 0.805. The van der Waals surface area contributed by atoms with Crippen molar-refractivity contribution in [2.45, 2.75) is 45.6 Å². The monoisotopic (exact) mass is 205 g/mol. The summed E-state index contributed by atoms with van der Waals surface area (Å²) in [5.74, 6) is 0. The number of aryl methyl sites for hydroxylation is 1. The Morgan fingerprint density at radius 3 is 2.93 bits per heavy atom. The Morgan fingerprint density at radius 1 is 1.53 bits per heavy atom. The third kappa shape index (κ3) is 1.39. The van der Waals surface area contributed by atoms with Gasteiger partial charge >= 0.3 is 0 Å². The predicted octanol–water partition coefficient (Wildman–Crippen LogP) is 2.65. The van der Waals surface area contributed by atoms with E-state index >= 15 is 0 Å². The largest absolute Gasteiger partial charge is 0.383 e. The van der Waals surface area contributed by atoms with Crippen LogP contribution in [0.2, 0.25) is 0 Å². The van der Waals surface area contributed by atoms with Gasteiger partial charge in [-0.2, -0.15) is 0 Å². The van der Waals surface area contributed by atoms with Crippen molar-refractivity contribution < 1.29 is 5.11 Å². The number of aliphatic hydroxyl groups is 1. The summed E-state index contributed by atoms with van der Waals surface area (Å²) in [6.07, 6.45) is 4.49. The summed E-state index contributed by atoms with van der Waals surface area (Å²) >= 11 is 0. The molecule has 1 aliphatic carbocycles. The molecule has 0 fully saturated rings. The number of hydrogen-bond donors (Lipinski definition) is 1. The maximum atomic E-state index is 10.8. The molecule has 1 N–H and O–H groups in total. The minimum Gasteiger partial charge on any atom is -0.383 e. The summed E-state index contributed by atoms with van der Waals surface area (Å²) in [5, 5.41) is 10.8. The first-order valence-electron chi connectivity index (χ1n) is 5.68. The van der Waals surface area contributed by atoms with Crippen LogP contribution in [0.1, 0.15) is 44.9 Å². The molecule has 0 amide bonds. The molecule has 0 bridgehead atoms. The van der Waals surface area contributed by atoms with Crippen molar-refractivity contribution in [2.24, 2.45) is 5.41 Å². The van der Waals surface area contributed by atoms with Gasteiger partial charge in [0.25, 0.3) is 0 Å². The van der Waals surface area contributed by atoms with Gasteiger partial charge in [0.05, 0.1) is 5.69 Å². The van der Waals surface area contributed by atoms with E-state index in [2.05, 4.69) is 31.8 Å². The second-order valence-electron chi connectivity index (χ2n) is 5.11. The van der Waals surface area contributed by atoms with Gasteiger partial charge in [-0.25, -0.2) is 0 Å².